The van der Waals surface area contributed by atoms with Crippen LogP contribution in [-0.4, -0.2) is 47.1 Å². The molecule has 4 aromatic rings. The fourth-order valence-electron chi connectivity index (χ4n) is 4.68. The predicted molar refractivity (Wildman–Crippen MR) is 112 cm³/mol. The molecule has 2 aliphatic carbocycles. The van der Waals surface area contributed by atoms with E-state index in [0.717, 1.165) is 35.0 Å². The highest BCUT2D eigenvalue weighted by atomic mass is 19.3. The van der Waals surface area contributed by atoms with Gasteiger partial charge in [0.25, 0.3) is 5.92 Å². The standard InChI is InChI=1S/C21H22F2N8/c1-11-27-19-17(31(11)15-7-21(22,23)8-15)4-12(9-25-19)16-2-3-30-18(16)10-26-20(29-30)28-14-5-13(24)6-14/h2-4,9-10,13-15H,5-8,24H2,1H3,(H,28,29). The van der Waals surface area contributed by atoms with E-state index in [0.29, 0.717) is 23.5 Å². The molecule has 0 radical (unpaired) electrons. The molecule has 2 fully saturated rings. The topological polar surface area (TPSA) is 98.9 Å². The van der Waals surface area contributed by atoms with Gasteiger partial charge in [-0.2, -0.15) is 0 Å². The molecule has 0 saturated heterocycles. The van der Waals surface area contributed by atoms with Gasteiger partial charge in [0.1, 0.15) is 5.82 Å². The molecule has 4 aromatic heterocycles. The zero-order valence-corrected chi connectivity index (χ0v) is 17.0. The van der Waals surface area contributed by atoms with Crippen molar-refractivity contribution in [1.29, 1.82) is 0 Å². The van der Waals surface area contributed by atoms with Crippen molar-refractivity contribution in [2.75, 3.05) is 5.32 Å². The van der Waals surface area contributed by atoms with E-state index in [1.165, 1.54) is 0 Å². The summed E-state index contributed by atoms with van der Waals surface area (Å²) in [5, 5.41) is 7.86. The first-order valence-corrected chi connectivity index (χ1v) is 10.5. The minimum absolute atomic E-state index is 0.159. The summed E-state index contributed by atoms with van der Waals surface area (Å²) >= 11 is 0. The normalized spacial score (nSPS) is 23.1. The maximum Gasteiger partial charge on any atom is 0.252 e. The highest BCUT2D eigenvalue weighted by Gasteiger charge is 2.47. The second kappa shape index (κ2) is 6.43. The summed E-state index contributed by atoms with van der Waals surface area (Å²) in [6.07, 6.45) is 6.94. The first-order chi connectivity index (χ1) is 14.9. The number of rotatable bonds is 4. The Labute approximate surface area is 176 Å². The third-order valence-electron chi connectivity index (χ3n) is 6.39. The molecular formula is C21H22F2N8. The number of imidazole rings is 1. The van der Waals surface area contributed by atoms with E-state index in [1.54, 1.807) is 16.9 Å². The molecule has 0 spiro atoms. The molecule has 0 amide bonds. The maximum atomic E-state index is 13.5. The Bertz CT molecular complexity index is 1300. The van der Waals surface area contributed by atoms with Gasteiger partial charge < -0.3 is 15.6 Å². The molecule has 0 bridgehead atoms. The summed E-state index contributed by atoms with van der Waals surface area (Å²) in [6.45, 7) is 1.84. The van der Waals surface area contributed by atoms with Gasteiger partial charge in [-0.05, 0) is 31.9 Å². The van der Waals surface area contributed by atoms with Crippen LogP contribution in [0.2, 0.25) is 0 Å². The molecule has 4 heterocycles. The van der Waals surface area contributed by atoms with Gasteiger partial charge in [0, 0.05) is 54.5 Å². The van der Waals surface area contributed by atoms with E-state index in [1.807, 2.05) is 29.8 Å². The lowest BCUT2D eigenvalue weighted by Crippen LogP contribution is -2.44. The third-order valence-corrected chi connectivity index (χ3v) is 6.39. The highest BCUT2D eigenvalue weighted by Crippen LogP contribution is 2.47. The molecule has 0 atom stereocenters. The lowest BCUT2D eigenvalue weighted by molar-refractivity contribution is -0.103. The molecule has 2 aliphatic rings. The Kier molecular flexibility index (Phi) is 3.86. The Balaban J connectivity index is 1.35. The highest BCUT2D eigenvalue weighted by molar-refractivity contribution is 5.85. The predicted octanol–water partition coefficient (Wildman–Crippen LogP) is 3.32. The summed E-state index contributed by atoms with van der Waals surface area (Å²) in [6, 6.07) is 4.25. The summed E-state index contributed by atoms with van der Waals surface area (Å²) in [5.41, 5.74) is 9.83. The first kappa shape index (κ1) is 18.6. The van der Waals surface area contributed by atoms with E-state index in [9.17, 15) is 8.78 Å². The Morgan fingerprint density at radius 1 is 1.16 bits per heavy atom. The van der Waals surface area contributed by atoms with Crippen molar-refractivity contribution in [3.63, 3.8) is 0 Å². The second-order valence-corrected chi connectivity index (χ2v) is 8.73. The zero-order valence-electron chi connectivity index (χ0n) is 17.0. The summed E-state index contributed by atoms with van der Waals surface area (Å²) in [7, 11) is 0. The number of hydrogen-bond acceptors (Lipinski definition) is 6. The van der Waals surface area contributed by atoms with E-state index in [-0.39, 0.29) is 24.9 Å². The molecule has 6 rings (SSSR count). The van der Waals surface area contributed by atoms with Crippen molar-refractivity contribution in [3.8, 4) is 11.1 Å². The number of aromatic nitrogens is 6. The van der Waals surface area contributed by atoms with Crippen molar-refractivity contribution in [3.05, 3.63) is 36.5 Å². The molecule has 10 heteroatoms. The number of nitrogens with one attached hydrogen (secondary N) is 1. The summed E-state index contributed by atoms with van der Waals surface area (Å²) < 4.78 is 30.6. The zero-order chi connectivity index (χ0) is 21.3. The number of anilines is 1. The average molecular weight is 424 g/mol. The van der Waals surface area contributed by atoms with Crippen molar-refractivity contribution in [2.45, 2.75) is 56.7 Å². The maximum absolute atomic E-state index is 13.5. The van der Waals surface area contributed by atoms with Crippen molar-refractivity contribution in [2.24, 2.45) is 5.73 Å². The van der Waals surface area contributed by atoms with E-state index < -0.39 is 5.92 Å². The number of fused-ring (bicyclic) bond motifs is 2. The lowest BCUT2D eigenvalue weighted by Gasteiger charge is -2.36. The summed E-state index contributed by atoms with van der Waals surface area (Å²) in [5.74, 6) is -1.32. The van der Waals surface area contributed by atoms with E-state index in [2.05, 4.69) is 25.4 Å². The monoisotopic (exact) mass is 424 g/mol. The van der Waals surface area contributed by atoms with Crippen LogP contribution in [0, 0.1) is 6.92 Å². The van der Waals surface area contributed by atoms with Crippen LogP contribution in [-0.2, 0) is 0 Å². The van der Waals surface area contributed by atoms with Gasteiger partial charge in [-0.25, -0.2) is 28.2 Å². The SMILES string of the molecule is Cc1nc2ncc(-c3ccn4nc(NC5CC(N)C5)ncc34)cc2n1C1CC(F)(F)C1. The van der Waals surface area contributed by atoms with Crippen molar-refractivity contribution < 1.29 is 8.78 Å². The van der Waals surface area contributed by atoms with Crippen LogP contribution in [0.3, 0.4) is 0 Å². The minimum atomic E-state index is -2.59. The van der Waals surface area contributed by atoms with Crippen LogP contribution in [0.15, 0.2) is 30.7 Å². The smallest absolute Gasteiger partial charge is 0.252 e. The van der Waals surface area contributed by atoms with Gasteiger partial charge in [0.15, 0.2) is 5.65 Å². The van der Waals surface area contributed by atoms with Gasteiger partial charge in [-0.3, -0.25) is 0 Å². The number of alkyl halides is 2. The van der Waals surface area contributed by atoms with Gasteiger partial charge in [0.05, 0.1) is 17.2 Å². The van der Waals surface area contributed by atoms with Crippen molar-refractivity contribution in [1.82, 2.24) is 29.1 Å². The van der Waals surface area contributed by atoms with Crippen LogP contribution >= 0.6 is 0 Å². The molecule has 31 heavy (non-hydrogen) atoms. The molecule has 0 aliphatic heterocycles. The number of hydrogen-bond donors (Lipinski definition) is 2. The number of nitrogens with two attached hydrogens (primary N) is 1. The number of nitrogens with zero attached hydrogens (tertiary/aromatic N) is 6. The number of halogens is 2. The molecular weight excluding hydrogens is 402 g/mol. The van der Waals surface area contributed by atoms with Crippen LogP contribution in [0.25, 0.3) is 27.8 Å². The Morgan fingerprint density at radius 3 is 2.71 bits per heavy atom. The molecule has 2 saturated carbocycles. The van der Waals surface area contributed by atoms with Gasteiger partial charge >= 0.3 is 0 Å². The van der Waals surface area contributed by atoms with Gasteiger partial charge in [-0.1, -0.05) is 0 Å². The number of pyridine rings is 1. The largest absolute Gasteiger partial charge is 0.350 e. The number of aryl methyl sites for hydroxylation is 1. The molecule has 0 unspecified atom stereocenters. The Morgan fingerprint density at radius 2 is 1.97 bits per heavy atom. The third kappa shape index (κ3) is 3.04. The van der Waals surface area contributed by atoms with E-state index in [4.69, 9.17) is 5.73 Å². The van der Waals surface area contributed by atoms with Gasteiger partial charge in [0.2, 0.25) is 5.95 Å². The van der Waals surface area contributed by atoms with Crippen molar-refractivity contribution >= 4 is 22.6 Å². The molecule has 0 aromatic carbocycles. The van der Waals surface area contributed by atoms with Gasteiger partial charge in [-0.15, -0.1) is 5.10 Å². The van der Waals surface area contributed by atoms with Crippen LogP contribution in [0.1, 0.15) is 37.5 Å². The molecule has 8 nitrogen and oxygen atoms in total. The van der Waals surface area contributed by atoms with Crippen LogP contribution < -0.4 is 11.1 Å². The fraction of sp³-hybridized carbons (Fsp3) is 0.429. The van der Waals surface area contributed by atoms with Crippen LogP contribution in [0.5, 0.6) is 0 Å². The molecule has 160 valence electrons. The molecule has 3 N–H and O–H groups in total. The average Bonchev–Trinajstić information content (AvgIpc) is 3.24. The minimum Gasteiger partial charge on any atom is -0.350 e. The van der Waals surface area contributed by atoms with E-state index >= 15 is 0 Å². The second-order valence-electron chi connectivity index (χ2n) is 8.73. The quantitative estimate of drug-likeness (QED) is 0.521. The van der Waals surface area contributed by atoms with Crippen LogP contribution in [0.4, 0.5) is 14.7 Å². The first-order valence-electron chi connectivity index (χ1n) is 10.5. The fourth-order valence-corrected chi connectivity index (χ4v) is 4.68. The Hall–Kier alpha value is -3.14. The summed E-state index contributed by atoms with van der Waals surface area (Å²) in [4.78, 5) is 13.4. The lowest BCUT2D eigenvalue weighted by atomic mass is 9.87.